The molecule has 0 saturated heterocycles. The van der Waals surface area contributed by atoms with Gasteiger partial charge in [-0.3, -0.25) is 4.79 Å². The summed E-state index contributed by atoms with van der Waals surface area (Å²) in [6.07, 6.45) is 1.41. The average Bonchev–Trinajstić information content (AvgIpc) is 3.14. The van der Waals surface area contributed by atoms with Crippen LogP contribution < -0.4 is 0 Å². The minimum Gasteiger partial charge on any atom is -0.451 e. The number of aliphatic hydroxyl groups excluding tert-OH is 2. The van der Waals surface area contributed by atoms with E-state index in [0.29, 0.717) is 17.1 Å². The van der Waals surface area contributed by atoms with Gasteiger partial charge in [0.1, 0.15) is 6.10 Å². The monoisotopic (exact) mass is 500 g/mol. The minimum atomic E-state index is -2.11. The summed E-state index contributed by atoms with van der Waals surface area (Å²) in [5.41, 5.74) is -1.50. The van der Waals surface area contributed by atoms with Gasteiger partial charge in [-0.25, -0.2) is 4.79 Å². The Balaban J connectivity index is 1.65. The van der Waals surface area contributed by atoms with Crippen LogP contribution in [0.4, 0.5) is 0 Å². The molecule has 0 aliphatic heterocycles. The Morgan fingerprint density at radius 1 is 1.20 bits per heavy atom. The second-order valence-corrected chi connectivity index (χ2v) is 13.3. The van der Waals surface area contributed by atoms with Gasteiger partial charge in [-0.05, 0) is 74.0 Å². The van der Waals surface area contributed by atoms with Crippen molar-refractivity contribution in [3.63, 3.8) is 0 Å². The number of hydrogen-bond donors (Lipinski definition) is 3. The Morgan fingerprint density at radius 3 is 2.43 bits per heavy atom. The number of ether oxygens (including phenoxy) is 1. The molecule has 6 nitrogen and oxygen atoms in total. The fraction of sp³-hybridized carbons (Fsp3) is 0.643. The molecule has 8 atom stereocenters. The number of fused-ring (bicyclic) bond motifs is 3. The second-order valence-electron chi connectivity index (χ2n) is 11.9. The highest BCUT2D eigenvalue weighted by atomic mass is 32.1. The Kier molecular flexibility index (Phi) is 5.40. The van der Waals surface area contributed by atoms with Crippen LogP contribution in [0.25, 0.3) is 0 Å². The van der Waals surface area contributed by atoms with Gasteiger partial charge in [0.25, 0.3) is 0 Å². The zero-order valence-corrected chi connectivity index (χ0v) is 22.3. The molecule has 190 valence electrons. The molecule has 1 heterocycles. The predicted octanol–water partition coefficient (Wildman–Crippen LogP) is 3.67. The van der Waals surface area contributed by atoms with Gasteiger partial charge < -0.3 is 20.1 Å². The van der Waals surface area contributed by atoms with Crippen LogP contribution in [0, 0.1) is 55.3 Å². The largest absolute Gasteiger partial charge is 0.451 e. The van der Waals surface area contributed by atoms with E-state index in [9.17, 15) is 24.9 Å². The summed E-state index contributed by atoms with van der Waals surface area (Å²) in [5.74, 6) is -1.14. The molecule has 3 N–H and O–H groups in total. The quantitative estimate of drug-likeness (QED) is 0.432. The third-order valence-electron chi connectivity index (χ3n) is 9.89. The van der Waals surface area contributed by atoms with Crippen LogP contribution in [-0.4, -0.2) is 51.5 Å². The predicted molar refractivity (Wildman–Crippen MR) is 133 cm³/mol. The Hall–Kier alpha value is -1.80. The molecule has 0 amide bonds. The first-order valence-electron chi connectivity index (χ1n) is 12.5. The van der Waals surface area contributed by atoms with Gasteiger partial charge in [0, 0.05) is 15.7 Å². The van der Waals surface area contributed by atoms with Gasteiger partial charge in [-0.2, -0.15) is 0 Å². The third kappa shape index (κ3) is 2.93. The Bertz CT molecular complexity index is 1190. The lowest BCUT2D eigenvalue weighted by Crippen LogP contribution is -2.65. The maximum absolute atomic E-state index is 14.4. The number of esters is 1. The first-order valence-corrected chi connectivity index (χ1v) is 13.3. The number of ketones is 1. The molecule has 4 aliphatic carbocycles. The van der Waals surface area contributed by atoms with Crippen molar-refractivity contribution >= 4 is 23.1 Å². The van der Waals surface area contributed by atoms with Crippen LogP contribution in [0.15, 0.2) is 23.3 Å². The molecule has 7 heteroatoms. The number of aliphatic hydroxyl groups is 3. The lowest BCUT2D eigenvalue weighted by atomic mass is 9.59. The van der Waals surface area contributed by atoms with Crippen molar-refractivity contribution in [2.45, 2.75) is 72.7 Å². The first-order chi connectivity index (χ1) is 16.2. The minimum absolute atomic E-state index is 0.0320. The van der Waals surface area contributed by atoms with Crippen LogP contribution in [0.2, 0.25) is 0 Å². The molecule has 0 aromatic carbocycles. The highest BCUT2D eigenvalue weighted by molar-refractivity contribution is 7.12. The number of rotatable bonds is 3. The topological polar surface area (TPSA) is 104 Å². The van der Waals surface area contributed by atoms with E-state index >= 15 is 0 Å². The van der Waals surface area contributed by atoms with Gasteiger partial charge >= 0.3 is 5.97 Å². The Morgan fingerprint density at radius 2 is 1.86 bits per heavy atom. The van der Waals surface area contributed by atoms with Crippen molar-refractivity contribution < 1.29 is 29.6 Å². The normalized spacial score (nSPS) is 41.3. The molecule has 7 unspecified atom stereocenters. The molecule has 1 spiro atoms. The van der Waals surface area contributed by atoms with Gasteiger partial charge in [-0.15, -0.1) is 11.3 Å². The first kappa shape index (κ1) is 24.9. The molecule has 0 radical (unpaired) electrons. The van der Waals surface area contributed by atoms with Gasteiger partial charge in [-0.1, -0.05) is 32.9 Å². The van der Waals surface area contributed by atoms with Crippen LogP contribution in [0.5, 0.6) is 0 Å². The lowest BCUT2D eigenvalue weighted by Gasteiger charge is -2.48. The molecule has 1 aromatic heterocycles. The number of Topliss-reactive ketones (excluding diaryl/α,β-unsaturated/α-hetero) is 1. The summed E-state index contributed by atoms with van der Waals surface area (Å²) in [5, 5.41) is 34.3. The summed E-state index contributed by atoms with van der Waals surface area (Å²) < 4.78 is 6.01. The zero-order chi connectivity index (χ0) is 25.8. The number of carbonyl (C=O) groups is 2. The molecule has 35 heavy (non-hydrogen) atoms. The molecular formula is C28H36O6S. The van der Waals surface area contributed by atoms with Crippen molar-refractivity contribution in [3.05, 3.63) is 44.2 Å². The number of thiophene rings is 1. The van der Waals surface area contributed by atoms with E-state index in [2.05, 4.69) is 13.8 Å². The smallest absolute Gasteiger partial charge is 0.340 e. The number of allylic oxidation sites excluding steroid dienone is 1. The zero-order valence-electron chi connectivity index (χ0n) is 21.5. The lowest BCUT2D eigenvalue weighted by molar-refractivity contribution is -0.190. The molecule has 2 saturated carbocycles. The van der Waals surface area contributed by atoms with E-state index in [1.54, 1.807) is 19.1 Å². The highest BCUT2D eigenvalue weighted by Gasteiger charge is 2.76. The maximum atomic E-state index is 14.4. The number of aryl methyl sites for hydroxylation is 2. The summed E-state index contributed by atoms with van der Waals surface area (Å²) in [4.78, 5) is 29.6. The van der Waals surface area contributed by atoms with Crippen LogP contribution in [0.1, 0.15) is 59.8 Å². The number of hydrogen-bond acceptors (Lipinski definition) is 7. The van der Waals surface area contributed by atoms with Crippen molar-refractivity contribution in [3.8, 4) is 0 Å². The Labute approximate surface area is 210 Å². The van der Waals surface area contributed by atoms with Crippen LogP contribution >= 0.6 is 11.3 Å². The van der Waals surface area contributed by atoms with E-state index in [1.165, 1.54) is 11.3 Å². The van der Waals surface area contributed by atoms with Crippen molar-refractivity contribution in [1.29, 1.82) is 0 Å². The number of carbonyl (C=O) groups excluding carboxylic acids is 2. The summed E-state index contributed by atoms with van der Waals surface area (Å²) in [6.45, 7) is 13.2. The molecule has 1 aromatic rings. The van der Waals surface area contributed by atoms with E-state index in [1.807, 2.05) is 27.7 Å². The van der Waals surface area contributed by atoms with Crippen molar-refractivity contribution in [2.75, 3.05) is 6.61 Å². The fourth-order valence-electron chi connectivity index (χ4n) is 7.85. The average molecular weight is 501 g/mol. The molecule has 2 fully saturated rings. The highest BCUT2D eigenvalue weighted by Crippen LogP contribution is 2.71. The SMILES string of the molecule is CC1=CC23C(=O)C(C=C(CO)C(O)C2(O)C1OC(=O)c1c(C)sc(C)c1C)C1C(C[C@H]3C)C1(C)C. The fourth-order valence-corrected chi connectivity index (χ4v) is 8.91. The summed E-state index contributed by atoms with van der Waals surface area (Å²) >= 11 is 1.51. The van der Waals surface area contributed by atoms with E-state index in [-0.39, 0.29) is 28.6 Å². The summed E-state index contributed by atoms with van der Waals surface area (Å²) in [7, 11) is 0. The van der Waals surface area contributed by atoms with Gasteiger partial charge in [0.15, 0.2) is 17.5 Å². The van der Waals surface area contributed by atoms with Crippen molar-refractivity contribution in [2.24, 2.45) is 34.5 Å². The van der Waals surface area contributed by atoms with E-state index in [4.69, 9.17) is 4.74 Å². The van der Waals surface area contributed by atoms with E-state index < -0.39 is 41.7 Å². The van der Waals surface area contributed by atoms with Crippen LogP contribution in [-0.2, 0) is 9.53 Å². The maximum Gasteiger partial charge on any atom is 0.340 e. The van der Waals surface area contributed by atoms with Gasteiger partial charge in [0.05, 0.1) is 17.6 Å². The van der Waals surface area contributed by atoms with Crippen molar-refractivity contribution in [1.82, 2.24) is 0 Å². The molecular weight excluding hydrogens is 464 g/mol. The van der Waals surface area contributed by atoms with Gasteiger partial charge in [0.2, 0.25) is 0 Å². The van der Waals surface area contributed by atoms with Crippen LogP contribution in [0.3, 0.4) is 0 Å². The molecule has 4 aliphatic rings. The molecule has 5 rings (SSSR count). The third-order valence-corrected chi connectivity index (χ3v) is 11.0. The molecule has 2 bridgehead atoms. The standard InChI is InChI=1S/C28H36O6S/c1-12-10-27-13(2)8-19-21(26(19,6)7)18(23(27)31)9-17(11-29)22(30)28(27,33)24(12)34-25(32)20-14(3)15(4)35-16(20)5/h9-10,13,18-19,21-22,24,29-30,33H,8,11H2,1-7H3/t13-,18?,19?,21?,22?,24?,27?,28?/m1/s1. The summed E-state index contributed by atoms with van der Waals surface area (Å²) in [6, 6.07) is 0. The van der Waals surface area contributed by atoms with E-state index in [0.717, 1.165) is 21.7 Å². The second kappa shape index (κ2) is 7.60.